The van der Waals surface area contributed by atoms with E-state index in [-0.39, 0.29) is 6.04 Å². The van der Waals surface area contributed by atoms with E-state index in [9.17, 15) is 0 Å². The summed E-state index contributed by atoms with van der Waals surface area (Å²) in [5, 5.41) is 2.99. The van der Waals surface area contributed by atoms with Crippen LogP contribution < -0.4 is 15.2 Å². The van der Waals surface area contributed by atoms with Gasteiger partial charge in [-0.05, 0) is 31.9 Å². The lowest BCUT2D eigenvalue weighted by Crippen LogP contribution is -2.18. The van der Waals surface area contributed by atoms with Gasteiger partial charge in [0, 0.05) is 23.2 Å². The van der Waals surface area contributed by atoms with Crippen LogP contribution in [0.5, 0.6) is 11.5 Å². The first kappa shape index (κ1) is 14.8. The van der Waals surface area contributed by atoms with Crippen molar-refractivity contribution in [2.45, 2.75) is 32.9 Å². The van der Waals surface area contributed by atoms with E-state index in [4.69, 9.17) is 15.2 Å². The fraction of sp³-hybridized carbons (Fsp3) is 0.400. The molecule has 2 aromatic rings. The number of nitrogens with zero attached hydrogens (tertiary/aromatic N) is 1. The standard InChI is InChI=1S/C15H20N2O2S/c1-10(16)6-12-4-5-13(18-3)7-14(12)19-8-15-17-11(2)9-20-15/h4-5,7,9-10H,6,8,16H2,1-3H3. The van der Waals surface area contributed by atoms with Crippen molar-refractivity contribution in [3.63, 3.8) is 0 Å². The van der Waals surface area contributed by atoms with Crippen LogP contribution in [0.15, 0.2) is 23.6 Å². The van der Waals surface area contributed by atoms with E-state index < -0.39 is 0 Å². The molecule has 0 aliphatic carbocycles. The predicted octanol–water partition coefficient (Wildman–Crippen LogP) is 2.93. The number of hydrogen-bond acceptors (Lipinski definition) is 5. The van der Waals surface area contributed by atoms with Gasteiger partial charge < -0.3 is 15.2 Å². The molecular formula is C15H20N2O2S. The summed E-state index contributed by atoms with van der Waals surface area (Å²) < 4.78 is 11.1. The number of thiazole rings is 1. The zero-order valence-corrected chi connectivity index (χ0v) is 12.9. The molecule has 5 heteroatoms. The maximum absolute atomic E-state index is 5.89. The largest absolute Gasteiger partial charge is 0.497 e. The Kier molecular flexibility index (Phi) is 4.98. The van der Waals surface area contributed by atoms with Gasteiger partial charge in [0.05, 0.1) is 7.11 Å². The highest BCUT2D eigenvalue weighted by atomic mass is 32.1. The number of methoxy groups -OCH3 is 1. The highest BCUT2D eigenvalue weighted by molar-refractivity contribution is 7.09. The smallest absolute Gasteiger partial charge is 0.140 e. The molecule has 1 unspecified atom stereocenters. The third-order valence-corrected chi connectivity index (χ3v) is 3.77. The van der Waals surface area contributed by atoms with Crippen LogP contribution in [0.3, 0.4) is 0 Å². The number of aromatic nitrogens is 1. The van der Waals surface area contributed by atoms with Gasteiger partial charge in [0.25, 0.3) is 0 Å². The number of benzene rings is 1. The normalized spacial score (nSPS) is 12.2. The first-order chi connectivity index (χ1) is 9.58. The van der Waals surface area contributed by atoms with Gasteiger partial charge in [0.15, 0.2) is 0 Å². The van der Waals surface area contributed by atoms with E-state index in [0.717, 1.165) is 34.2 Å². The molecule has 2 rings (SSSR count). The molecule has 0 spiro atoms. The molecule has 0 radical (unpaired) electrons. The second kappa shape index (κ2) is 6.72. The van der Waals surface area contributed by atoms with Gasteiger partial charge in [-0.2, -0.15) is 0 Å². The predicted molar refractivity (Wildman–Crippen MR) is 81.5 cm³/mol. The quantitative estimate of drug-likeness (QED) is 0.889. The Labute approximate surface area is 123 Å². The number of hydrogen-bond donors (Lipinski definition) is 1. The van der Waals surface area contributed by atoms with Crippen LogP contribution in [0.25, 0.3) is 0 Å². The van der Waals surface area contributed by atoms with Crippen LogP contribution in [0.4, 0.5) is 0 Å². The lowest BCUT2D eigenvalue weighted by molar-refractivity contribution is 0.299. The van der Waals surface area contributed by atoms with Crippen LogP contribution in [0.2, 0.25) is 0 Å². The van der Waals surface area contributed by atoms with Crippen LogP contribution in [-0.4, -0.2) is 18.1 Å². The van der Waals surface area contributed by atoms with Crippen LogP contribution in [0.1, 0.15) is 23.2 Å². The van der Waals surface area contributed by atoms with Gasteiger partial charge in [0.1, 0.15) is 23.1 Å². The molecule has 1 aromatic heterocycles. The first-order valence-corrected chi connectivity index (χ1v) is 7.42. The molecule has 0 bridgehead atoms. The number of rotatable bonds is 6. The molecule has 1 aromatic carbocycles. The van der Waals surface area contributed by atoms with Crippen molar-refractivity contribution >= 4 is 11.3 Å². The van der Waals surface area contributed by atoms with Crippen molar-refractivity contribution in [1.82, 2.24) is 4.98 Å². The highest BCUT2D eigenvalue weighted by Crippen LogP contribution is 2.27. The molecule has 20 heavy (non-hydrogen) atoms. The molecule has 2 N–H and O–H groups in total. The Morgan fingerprint density at radius 1 is 1.40 bits per heavy atom. The summed E-state index contributed by atoms with van der Waals surface area (Å²) in [5.41, 5.74) is 7.99. The fourth-order valence-electron chi connectivity index (χ4n) is 1.92. The summed E-state index contributed by atoms with van der Waals surface area (Å²) in [6, 6.07) is 5.92. The molecule has 108 valence electrons. The van der Waals surface area contributed by atoms with E-state index in [1.54, 1.807) is 18.4 Å². The number of ether oxygens (including phenoxy) is 2. The van der Waals surface area contributed by atoms with Crippen molar-refractivity contribution < 1.29 is 9.47 Å². The molecule has 0 saturated carbocycles. The zero-order chi connectivity index (χ0) is 14.5. The number of nitrogens with two attached hydrogens (primary N) is 1. The Balaban J connectivity index is 2.14. The third-order valence-electron chi connectivity index (χ3n) is 2.83. The van der Waals surface area contributed by atoms with Crippen molar-refractivity contribution in [2.75, 3.05) is 7.11 Å². The topological polar surface area (TPSA) is 57.4 Å². The minimum absolute atomic E-state index is 0.0906. The van der Waals surface area contributed by atoms with Gasteiger partial charge in [-0.15, -0.1) is 11.3 Å². The van der Waals surface area contributed by atoms with Crippen molar-refractivity contribution in [3.8, 4) is 11.5 Å². The van der Waals surface area contributed by atoms with Crippen molar-refractivity contribution in [3.05, 3.63) is 39.8 Å². The van der Waals surface area contributed by atoms with E-state index in [1.807, 2.05) is 37.4 Å². The number of aryl methyl sites for hydroxylation is 1. The SMILES string of the molecule is COc1ccc(CC(C)N)c(OCc2nc(C)cs2)c1. The molecule has 4 nitrogen and oxygen atoms in total. The van der Waals surface area contributed by atoms with Crippen molar-refractivity contribution in [1.29, 1.82) is 0 Å². The van der Waals surface area contributed by atoms with Gasteiger partial charge in [-0.1, -0.05) is 6.07 Å². The molecule has 1 atom stereocenters. The minimum Gasteiger partial charge on any atom is -0.497 e. The van der Waals surface area contributed by atoms with Crippen LogP contribution >= 0.6 is 11.3 Å². The lowest BCUT2D eigenvalue weighted by Gasteiger charge is -2.13. The van der Waals surface area contributed by atoms with E-state index >= 15 is 0 Å². The average molecular weight is 292 g/mol. The minimum atomic E-state index is 0.0906. The molecule has 0 fully saturated rings. The monoisotopic (exact) mass is 292 g/mol. The summed E-state index contributed by atoms with van der Waals surface area (Å²) in [6.45, 7) is 4.43. The summed E-state index contributed by atoms with van der Waals surface area (Å²) in [4.78, 5) is 4.40. The Morgan fingerprint density at radius 3 is 2.80 bits per heavy atom. The summed E-state index contributed by atoms with van der Waals surface area (Å²) >= 11 is 1.61. The Morgan fingerprint density at radius 2 is 2.20 bits per heavy atom. The molecule has 0 aliphatic rings. The second-order valence-corrected chi connectivity index (χ2v) is 5.77. The molecular weight excluding hydrogens is 272 g/mol. The van der Waals surface area contributed by atoms with E-state index in [1.165, 1.54) is 0 Å². The van der Waals surface area contributed by atoms with Gasteiger partial charge in [-0.25, -0.2) is 4.98 Å². The maximum atomic E-state index is 5.89. The summed E-state index contributed by atoms with van der Waals surface area (Å²) in [7, 11) is 1.65. The maximum Gasteiger partial charge on any atom is 0.140 e. The zero-order valence-electron chi connectivity index (χ0n) is 12.1. The first-order valence-electron chi connectivity index (χ1n) is 6.54. The van der Waals surface area contributed by atoms with Gasteiger partial charge >= 0.3 is 0 Å². The Bertz CT molecular complexity index is 567. The van der Waals surface area contributed by atoms with Crippen LogP contribution in [-0.2, 0) is 13.0 Å². The van der Waals surface area contributed by atoms with Crippen LogP contribution in [0, 0.1) is 6.92 Å². The van der Waals surface area contributed by atoms with Crippen molar-refractivity contribution in [2.24, 2.45) is 5.73 Å². The fourth-order valence-corrected chi connectivity index (χ4v) is 2.60. The average Bonchev–Trinajstić information content (AvgIpc) is 2.83. The molecule has 0 saturated heterocycles. The van der Waals surface area contributed by atoms with Gasteiger partial charge in [0.2, 0.25) is 0 Å². The molecule has 1 heterocycles. The summed E-state index contributed by atoms with van der Waals surface area (Å²) in [6.07, 6.45) is 0.774. The van der Waals surface area contributed by atoms with E-state index in [0.29, 0.717) is 6.61 Å². The lowest BCUT2D eigenvalue weighted by atomic mass is 10.1. The highest BCUT2D eigenvalue weighted by Gasteiger charge is 2.09. The van der Waals surface area contributed by atoms with Gasteiger partial charge in [-0.3, -0.25) is 0 Å². The molecule has 0 amide bonds. The third kappa shape index (κ3) is 3.95. The van der Waals surface area contributed by atoms with E-state index in [2.05, 4.69) is 4.98 Å². The summed E-state index contributed by atoms with van der Waals surface area (Å²) in [5.74, 6) is 1.60. The Hall–Kier alpha value is -1.59. The second-order valence-electron chi connectivity index (χ2n) is 4.83. The molecule has 0 aliphatic heterocycles.